The molecule has 0 bridgehead atoms. The van der Waals surface area contributed by atoms with Crippen molar-refractivity contribution in [2.24, 2.45) is 0 Å². The number of hydrogen-bond donors (Lipinski definition) is 1. The van der Waals surface area contributed by atoms with Gasteiger partial charge in [0, 0.05) is 12.3 Å². The van der Waals surface area contributed by atoms with Crippen molar-refractivity contribution < 1.29 is 14.6 Å². The lowest BCUT2D eigenvalue weighted by Crippen LogP contribution is -2.07. The molecule has 0 spiro atoms. The minimum absolute atomic E-state index is 0.188. The highest BCUT2D eigenvalue weighted by molar-refractivity contribution is 6.17. The number of carbonyl (C=O) groups is 1. The van der Waals surface area contributed by atoms with E-state index in [0.29, 0.717) is 25.1 Å². The maximum atomic E-state index is 10.7. The van der Waals surface area contributed by atoms with E-state index in [-0.39, 0.29) is 12.1 Å². The van der Waals surface area contributed by atoms with E-state index in [4.69, 9.17) is 11.6 Å². The molecular weight excluding hydrogens is 192 g/mol. The molecular formula is C9H17ClO3. The fourth-order valence-corrected chi connectivity index (χ4v) is 1.27. The predicted octanol–water partition coefficient (Wildman–Crippen LogP) is 1.71. The van der Waals surface area contributed by atoms with Gasteiger partial charge in [-0.2, -0.15) is 0 Å². The Morgan fingerprint density at radius 1 is 1.46 bits per heavy atom. The molecule has 1 N–H and O–H groups in total. The number of alkyl halides is 1. The van der Waals surface area contributed by atoms with Crippen molar-refractivity contribution >= 4 is 17.6 Å². The highest BCUT2D eigenvalue weighted by Crippen LogP contribution is 2.07. The second kappa shape index (κ2) is 8.32. The van der Waals surface area contributed by atoms with Crippen molar-refractivity contribution in [3.05, 3.63) is 0 Å². The summed E-state index contributed by atoms with van der Waals surface area (Å²) in [4.78, 5) is 10.7. The predicted molar refractivity (Wildman–Crippen MR) is 51.8 cm³/mol. The Hall–Kier alpha value is -0.280. The van der Waals surface area contributed by atoms with Crippen molar-refractivity contribution in [3.63, 3.8) is 0 Å². The molecule has 0 aliphatic rings. The summed E-state index contributed by atoms with van der Waals surface area (Å²) >= 11 is 5.45. The van der Waals surface area contributed by atoms with Gasteiger partial charge in [0.05, 0.1) is 13.2 Å². The molecule has 0 saturated heterocycles. The van der Waals surface area contributed by atoms with Crippen LogP contribution in [0, 0.1) is 0 Å². The van der Waals surface area contributed by atoms with Gasteiger partial charge in [0.1, 0.15) is 0 Å². The number of unbranched alkanes of at least 4 members (excludes halogenated alkanes) is 1. The van der Waals surface area contributed by atoms with Gasteiger partial charge >= 0.3 is 5.97 Å². The van der Waals surface area contributed by atoms with E-state index < -0.39 is 0 Å². The third kappa shape index (κ3) is 8.06. The molecule has 0 aliphatic carbocycles. The summed E-state index contributed by atoms with van der Waals surface area (Å²) in [6, 6.07) is 0. The Bertz CT molecular complexity index is 139. The van der Waals surface area contributed by atoms with E-state index in [2.05, 4.69) is 4.74 Å². The molecule has 0 heterocycles. The summed E-state index contributed by atoms with van der Waals surface area (Å²) in [5.74, 6) is 0.296. The minimum Gasteiger partial charge on any atom is -0.469 e. The standard InChI is InChI=1S/C9H17ClO3/c1-13-9(12)5-3-2-4-8(11)6-7-10/h8,11H,2-7H2,1H3. The zero-order chi connectivity index (χ0) is 10.1. The molecule has 0 saturated carbocycles. The smallest absolute Gasteiger partial charge is 0.305 e. The van der Waals surface area contributed by atoms with E-state index in [1.165, 1.54) is 7.11 Å². The van der Waals surface area contributed by atoms with Crippen molar-refractivity contribution in [2.45, 2.75) is 38.2 Å². The van der Waals surface area contributed by atoms with Gasteiger partial charge in [0.15, 0.2) is 0 Å². The number of halogens is 1. The fraction of sp³-hybridized carbons (Fsp3) is 0.889. The maximum absolute atomic E-state index is 10.7. The summed E-state index contributed by atoms with van der Waals surface area (Å²) < 4.78 is 4.48. The molecule has 0 radical (unpaired) electrons. The third-order valence-corrected chi connectivity index (χ3v) is 2.06. The Labute approximate surface area is 84.0 Å². The molecule has 4 heteroatoms. The number of esters is 1. The van der Waals surface area contributed by atoms with Crippen molar-refractivity contribution in [2.75, 3.05) is 13.0 Å². The van der Waals surface area contributed by atoms with Gasteiger partial charge in [-0.15, -0.1) is 11.6 Å². The summed E-state index contributed by atoms with van der Waals surface area (Å²) in [6.45, 7) is 0. The molecule has 1 unspecified atom stereocenters. The summed E-state index contributed by atoms with van der Waals surface area (Å²) in [6.07, 6.45) is 3.06. The first-order valence-electron chi connectivity index (χ1n) is 4.51. The number of methoxy groups -OCH3 is 1. The molecule has 78 valence electrons. The molecule has 13 heavy (non-hydrogen) atoms. The normalized spacial score (nSPS) is 12.5. The van der Waals surface area contributed by atoms with Crippen LogP contribution in [0.5, 0.6) is 0 Å². The maximum Gasteiger partial charge on any atom is 0.305 e. The van der Waals surface area contributed by atoms with Crippen LogP contribution in [0.3, 0.4) is 0 Å². The van der Waals surface area contributed by atoms with Crippen LogP contribution in [0.15, 0.2) is 0 Å². The number of ether oxygens (including phenoxy) is 1. The van der Waals surface area contributed by atoms with E-state index in [9.17, 15) is 9.90 Å². The second-order valence-corrected chi connectivity index (χ2v) is 3.33. The Morgan fingerprint density at radius 3 is 2.69 bits per heavy atom. The van der Waals surface area contributed by atoms with E-state index in [1.807, 2.05) is 0 Å². The summed E-state index contributed by atoms with van der Waals surface area (Å²) in [5.41, 5.74) is 0. The van der Waals surface area contributed by atoms with Gasteiger partial charge < -0.3 is 9.84 Å². The van der Waals surface area contributed by atoms with E-state index >= 15 is 0 Å². The first-order valence-corrected chi connectivity index (χ1v) is 5.05. The average Bonchev–Trinajstić information content (AvgIpc) is 2.12. The first kappa shape index (κ1) is 12.7. The lowest BCUT2D eigenvalue weighted by molar-refractivity contribution is -0.140. The molecule has 3 nitrogen and oxygen atoms in total. The molecule has 1 atom stereocenters. The monoisotopic (exact) mass is 208 g/mol. The lowest BCUT2D eigenvalue weighted by Gasteiger charge is -2.07. The SMILES string of the molecule is COC(=O)CCCCC(O)CCCl. The fourth-order valence-electron chi connectivity index (χ4n) is 1.02. The average molecular weight is 209 g/mol. The second-order valence-electron chi connectivity index (χ2n) is 2.95. The van der Waals surface area contributed by atoms with Crippen LogP contribution in [0.1, 0.15) is 32.1 Å². The number of aliphatic hydroxyl groups is 1. The van der Waals surface area contributed by atoms with Crippen molar-refractivity contribution in [1.29, 1.82) is 0 Å². The van der Waals surface area contributed by atoms with Crippen LogP contribution in [0.4, 0.5) is 0 Å². The molecule has 0 aromatic rings. The molecule has 0 rings (SSSR count). The Kier molecular flexibility index (Phi) is 8.14. The minimum atomic E-state index is -0.324. The zero-order valence-electron chi connectivity index (χ0n) is 7.96. The van der Waals surface area contributed by atoms with Crippen molar-refractivity contribution in [3.8, 4) is 0 Å². The zero-order valence-corrected chi connectivity index (χ0v) is 8.72. The lowest BCUT2D eigenvalue weighted by atomic mass is 10.1. The Morgan fingerprint density at radius 2 is 2.15 bits per heavy atom. The molecule has 0 amide bonds. The highest BCUT2D eigenvalue weighted by atomic mass is 35.5. The van der Waals surface area contributed by atoms with Crippen LogP contribution in [-0.4, -0.2) is 30.2 Å². The Balaban J connectivity index is 3.20. The van der Waals surface area contributed by atoms with Gasteiger partial charge in [0.25, 0.3) is 0 Å². The molecule has 0 fully saturated rings. The van der Waals surface area contributed by atoms with Crippen LogP contribution in [0.2, 0.25) is 0 Å². The largest absolute Gasteiger partial charge is 0.469 e. The summed E-state index contributed by atoms with van der Waals surface area (Å²) in [5, 5.41) is 9.27. The third-order valence-electron chi connectivity index (χ3n) is 1.84. The number of carbonyl (C=O) groups excluding carboxylic acids is 1. The van der Waals surface area contributed by atoms with Gasteiger partial charge in [0.2, 0.25) is 0 Å². The number of rotatable bonds is 7. The quantitative estimate of drug-likeness (QED) is 0.394. The van der Waals surface area contributed by atoms with Crippen LogP contribution >= 0.6 is 11.6 Å². The van der Waals surface area contributed by atoms with Gasteiger partial charge in [-0.1, -0.05) is 6.42 Å². The van der Waals surface area contributed by atoms with Gasteiger partial charge in [-0.3, -0.25) is 4.79 Å². The highest BCUT2D eigenvalue weighted by Gasteiger charge is 2.04. The van der Waals surface area contributed by atoms with Gasteiger partial charge in [-0.25, -0.2) is 0 Å². The molecule has 0 aliphatic heterocycles. The van der Waals surface area contributed by atoms with Gasteiger partial charge in [-0.05, 0) is 19.3 Å². The molecule has 0 aromatic carbocycles. The summed E-state index contributed by atoms with van der Waals surface area (Å²) in [7, 11) is 1.38. The van der Waals surface area contributed by atoms with Crippen LogP contribution in [-0.2, 0) is 9.53 Å². The molecule has 0 aromatic heterocycles. The van der Waals surface area contributed by atoms with E-state index in [0.717, 1.165) is 12.8 Å². The number of hydrogen-bond acceptors (Lipinski definition) is 3. The first-order chi connectivity index (χ1) is 6.20. The van der Waals surface area contributed by atoms with Crippen molar-refractivity contribution in [1.82, 2.24) is 0 Å². The van der Waals surface area contributed by atoms with E-state index in [1.54, 1.807) is 0 Å². The van der Waals surface area contributed by atoms with Crippen LogP contribution < -0.4 is 0 Å². The van der Waals surface area contributed by atoms with Crippen LogP contribution in [0.25, 0.3) is 0 Å². The number of aliphatic hydroxyl groups excluding tert-OH is 1. The topological polar surface area (TPSA) is 46.5 Å².